The number of carbonyl (C=O) groups excluding carboxylic acids is 1. The van der Waals surface area contributed by atoms with E-state index in [9.17, 15) is 9.59 Å². The summed E-state index contributed by atoms with van der Waals surface area (Å²) in [6, 6.07) is 1.12. The molecule has 0 aromatic carbocycles. The van der Waals surface area contributed by atoms with Crippen LogP contribution in [0.2, 0.25) is 0 Å². The molecule has 1 heterocycles. The number of hydrogen-bond acceptors (Lipinski definition) is 4. The van der Waals surface area contributed by atoms with Crippen molar-refractivity contribution in [2.45, 2.75) is 0 Å². The first kappa shape index (κ1) is 9.24. The maximum absolute atomic E-state index is 11.1. The van der Waals surface area contributed by atoms with Crippen LogP contribution in [0.15, 0.2) is 10.9 Å². The van der Waals surface area contributed by atoms with Crippen molar-refractivity contribution in [3.05, 3.63) is 22.1 Å². The molecule has 0 aliphatic heterocycles. The third-order valence-electron chi connectivity index (χ3n) is 1.37. The molecule has 0 saturated heterocycles. The second-order valence-corrected chi connectivity index (χ2v) is 2.22. The zero-order chi connectivity index (χ0) is 9.84. The van der Waals surface area contributed by atoms with Gasteiger partial charge in [0.25, 0.3) is 17.5 Å². The molecule has 0 radical (unpaired) electrons. The molecule has 1 amide bonds. The lowest BCUT2D eigenvalue weighted by Crippen LogP contribution is -2.22. The summed E-state index contributed by atoms with van der Waals surface area (Å²) in [7, 11) is 2.81. The fourth-order valence-corrected chi connectivity index (χ4v) is 0.776. The van der Waals surface area contributed by atoms with Crippen molar-refractivity contribution in [3.8, 4) is 6.01 Å². The molecule has 2 N–H and O–H groups in total. The van der Waals surface area contributed by atoms with Crippen LogP contribution in [0.4, 0.5) is 0 Å². The molecule has 0 aliphatic carbocycles. The van der Waals surface area contributed by atoms with Gasteiger partial charge in [-0.15, -0.1) is 0 Å². The zero-order valence-corrected chi connectivity index (χ0v) is 7.25. The molecule has 70 valence electrons. The number of nitrogens with zero attached hydrogens (tertiary/aromatic N) is 1. The SMILES string of the molecule is CNC(=O)c1cc(=O)[nH]c(OC)n1. The lowest BCUT2D eigenvalue weighted by Gasteiger charge is -2.00. The molecular formula is C7H9N3O3. The van der Waals surface area contributed by atoms with Gasteiger partial charge < -0.3 is 10.1 Å². The van der Waals surface area contributed by atoms with E-state index in [-0.39, 0.29) is 11.7 Å². The Kier molecular flexibility index (Phi) is 2.63. The smallest absolute Gasteiger partial charge is 0.296 e. The van der Waals surface area contributed by atoms with Gasteiger partial charge in [0.15, 0.2) is 0 Å². The monoisotopic (exact) mass is 183 g/mol. The molecule has 0 unspecified atom stereocenters. The van der Waals surface area contributed by atoms with Gasteiger partial charge in [0.2, 0.25) is 0 Å². The number of H-pyrrole nitrogens is 1. The highest BCUT2D eigenvalue weighted by Gasteiger charge is 2.07. The van der Waals surface area contributed by atoms with Gasteiger partial charge in [0, 0.05) is 13.1 Å². The van der Waals surface area contributed by atoms with E-state index in [1.807, 2.05) is 0 Å². The van der Waals surface area contributed by atoms with Gasteiger partial charge >= 0.3 is 0 Å². The molecule has 0 aliphatic rings. The van der Waals surface area contributed by atoms with Crippen molar-refractivity contribution in [2.24, 2.45) is 0 Å². The van der Waals surface area contributed by atoms with Crippen molar-refractivity contribution in [1.82, 2.24) is 15.3 Å². The summed E-state index contributed by atoms with van der Waals surface area (Å²) in [4.78, 5) is 28.0. The number of aromatic amines is 1. The Hall–Kier alpha value is -1.85. The molecule has 13 heavy (non-hydrogen) atoms. The van der Waals surface area contributed by atoms with E-state index < -0.39 is 11.5 Å². The van der Waals surface area contributed by atoms with E-state index >= 15 is 0 Å². The average Bonchev–Trinajstić information content (AvgIpc) is 2.15. The predicted molar refractivity (Wildman–Crippen MR) is 44.8 cm³/mol. The van der Waals surface area contributed by atoms with Crippen LogP contribution in [-0.2, 0) is 0 Å². The van der Waals surface area contributed by atoms with Gasteiger partial charge in [-0.1, -0.05) is 0 Å². The van der Waals surface area contributed by atoms with E-state index in [2.05, 4.69) is 20.0 Å². The van der Waals surface area contributed by atoms with E-state index in [0.717, 1.165) is 6.07 Å². The lowest BCUT2D eigenvalue weighted by molar-refractivity contribution is 0.0956. The molecule has 1 aromatic rings. The van der Waals surface area contributed by atoms with Crippen LogP contribution in [0, 0.1) is 0 Å². The standard InChI is InChI=1S/C7H9N3O3/c1-8-6(12)4-3-5(11)10-7(9-4)13-2/h3H,1-2H3,(H,8,12)(H,9,10,11). The van der Waals surface area contributed by atoms with Gasteiger partial charge in [-0.05, 0) is 0 Å². The van der Waals surface area contributed by atoms with E-state index in [1.165, 1.54) is 14.2 Å². The highest BCUT2D eigenvalue weighted by molar-refractivity contribution is 5.91. The van der Waals surface area contributed by atoms with Crippen LogP contribution in [0.1, 0.15) is 10.5 Å². The van der Waals surface area contributed by atoms with E-state index in [1.54, 1.807) is 0 Å². The van der Waals surface area contributed by atoms with Crippen LogP contribution in [0.5, 0.6) is 6.01 Å². The molecule has 1 rings (SSSR count). The summed E-state index contributed by atoms with van der Waals surface area (Å²) in [5.41, 5.74) is -0.395. The Morgan fingerprint density at radius 3 is 2.92 bits per heavy atom. The first-order valence-corrected chi connectivity index (χ1v) is 3.55. The summed E-state index contributed by atoms with van der Waals surface area (Å²) < 4.78 is 4.68. The normalized spacial score (nSPS) is 9.38. The third kappa shape index (κ3) is 2.05. The van der Waals surface area contributed by atoms with Crippen molar-refractivity contribution >= 4 is 5.91 Å². The number of aromatic nitrogens is 2. The zero-order valence-electron chi connectivity index (χ0n) is 7.25. The molecule has 6 heteroatoms. The second kappa shape index (κ2) is 3.70. The summed E-state index contributed by atoms with van der Waals surface area (Å²) in [5, 5.41) is 2.35. The highest BCUT2D eigenvalue weighted by atomic mass is 16.5. The van der Waals surface area contributed by atoms with Crippen molar-refractivity contribution in [3.63, 3.8) is 0 Å². The minimum Gasteiger partial charge on any atom is -0.468 e. The van der Waals surface area contributed by atoms with Crippen molar-refractivity contribution in [2.75, 3.05) is 14.2 Å². The maximum atomic E-state index is 11.1. The number of ether oxygens (including phenoxy) is 1. The number of amides is 1. The number of nitrogens with one attached hydrogen (secondary N) is 2. The molecule has 0 spiro atoms. The van der Waals surface area contributed by atoms with Gasteiger partial charge in [0.1, 0.15) is 5.69 Å². The number of carbonyl (C=O) groups is 1. The largest absolute Gasteiger partial charge is 0.468 e. The number of hydrogen-bond donors (Lipinski definition) is 2. The van der Waals surface area contributed by atoms with Crippen LogP contribution >= 0.6 is 0 Å². The van der Waals surface area contributed by atoms with Crippen LogP contribution < -0.4 is 15.6 Å². The summed E-state index contributed by atoms with van der Waals surface area (Å²) in [6.07, 6.45) is 0. The number of rotatable bonds is 2. The second-order valence-electron chi connectivity index (χ2n) is 2.22. The quantitative estimate of drug-likeness (QED) is 0.624. The van der Waals surface area contributed by atoms with Crippen molar-refractivity contribution in [1.29, 1.82) is 0 Å². The maximum Gasteiger partial charge on any atom is 0.296 e. The first-order chi connectivity index (χ1) is 6.17. The molecule has 6 nitrogen and oxygen atoms in total. The predicted octanol–water partition coefficient (Wildman–Crippen LogP) is -0.862. The fraction of sp³-hybridized carbons (Fsp3) is 0.286. The topological polar surface area (TPSA) is 84.1 Å². The fourth-order valence-electron chi connectivity index (χ4n) is 0.776. The van der Waals surface area contributed by atoms with Gasteiger partial charge in [-0.3, -0.25) is 14.6 Å². The Balaban J connectivity index is 3.16. The molecular weight excluding hydrogens is 174 g/mol. The lowest BCUT2D eigenvalue weighted by atomic mass is 10.4. The highest BCUT2D eigenvalue weighted by Crippen LogP contribution is 1.97. The molecule has 0 bridgehead atoms. The average molecular weight is 183 g/mol. The molecule has 1 aromatic heterocycles. The Morgan fingerprint density at radius 2 is 2.38 bits per heavy atom. The van der Waals surface area contributed by atoms with Crippen molar-refractivity contribution < 1.29 is 9.53 Å². The molecule has 0 saturated carbocycles. The van der Waals surface area contributed by atoms with E-state index in [0.29, 0.717) is 0 Å². The van der Waals surface area contributed by atoms with Crippen LogP contribution in [0.25, 0.3) is 0 Å². The Bertz CT molecular complexity index is 371. The minimum absolute atomic E-state index is 0.0195. The first-order valence-electron chi connectivity index (χ1n) is 3.55. The van der Waals surface area contributed by atoms with E-state index in [4.69, 9.17) is 0 Å². The Morgan fingerprint density at radius 1 is 1.69 bits per heavy atom. The molecule has 0 fully saturated rings. The summed E-state index contributed by atoms with van der Waals surface area (Å²) >= 11 is 0. The summed E-state index contributed by atoms with van der Waals surface area (Å²) in [6.45, 7) is 0. The minimum atomic E-state index is -0.426. The van der Waals surface area contributed by atoms with Crippen LogP contribution in [0.3, 0.4) is 0 Å². The van der Waals surface area contributed by atoms with Gasteiger partial charge in [0.05, 0.1) is 7.11 Å². The number of methoxy groups -OCH3 is 1. The summed E-state index contributed by atoms with van der Waals surface area (Å²) in [5.74, 6) is -0.426. The Labute approximate surface area is 74.0 Å². The van der Waals surface area contributed by atoms with Crippen LogP contribution in [-0.4, -0.2) is 30.0 Å². The van der Waals surface area contributed by atoms with Gasteiger partial charge in [-0.25, -0.2) is 0 Å². The third-order valence-corrected chi connectivity index (χ3v) is 1.37. The molecule has 0 atom stereocenters. The van der Waals surface area contributed by atoms with Gasteiger partial charge in [-0.2, -0.15) is 4.98 Å².